The monoisotopic (exact) mass is 274 g/mol. The third kappa shape index (κ3) is 3.29. The van der Waals surface area contributed by atoms with Gasteiger partial charge < -0.3 is 11.1 Å². The largest absolute Gasteiger partial charge is 0.389 e. The zero-order valence-corrected chi connectivity index (χ0v) is 11.6. The van der Waals surface area contributed by atoms with Gasteiger partial charge in [0.2, 0.25) is 0 Å². The van der Waals surface area contributed by atoms with Crippen LogP contribution in [0.3, 0.4) is 0 Å². The van der Waals surface area contributed by atoms with E-state index in [1.165, 1.54) is 12.1 Å². The van der Waals surface area contributed by atoms with E-state index in [0.717, 1.165) is 22.4 Å². The first-order valence-corrected chi connectivity index (χ1v) is 6.31. The summed E-state index contributed by atoms with van der Waals surface area (Å²) in [5.74, 6) is -0.271. The molecule has 0 aliphatic heterocycles. The topological polar surface area (TPSA) is 38.0 Å². The van der Waals surface area contributed by atoms with E-state index >= 15 is 0 Å². The molecule has 4 heteroatoms. The Labute approximate surface area is 117 Å². The molecule has 0 unspecified atom stereocenters. The van der Waals surface area contributed by atoms with Gasteiger partial charge in [-0.3, -0.25) is 0 Å². The molecule has 2 aromatic rings. The number of nitrogens with one attached hydrogen (secondary N) is 1. The molecule has 0 aliphatic rings. The van der Waals surface area contributed by atoms with Crippen LogP contribution in [0.5, 0.6) is 0 Å². The Bertz CT molecular complexity index is 618. The second-order valence-electron chi connectivity index (χ2n) is 4.56. The maximum absolute atomic E-state index is 13.4. The number of aryl methyl sites for hydroxylation is 2. The number of rotatable bonds is 3. The third-order valence-electron chi connectivity index (χ3n) is 2.76. The van der Waals surface area contributed by atoms with Gasteiger partial charge >= 0.3 is 0 Å². The summed E-state index contributed by atoms with van der Waals surface area (Å²) in [6.07, 6.45) is 0. The Hall–Kier alpha value is -1.94. The molecule has 0 radical (unpaired) electrons. The summed E-state index contributed by atoms with van der Waals surface area (Å²) in [5, 5.41) is 3.17. The smallest absolute Gasteiger partial charge is 0.125 e. The number of hydrogen-bond donors (Lipinski definition) is 2. The molecule has 0 fully saturated rings. The molecule has 0 saturated carbocycles. The van der Waals surface area contributed by atoms with Crippen LogP contribution < -0.4 is 11.1 Å². The molecule has 2 nitrogen and oxygen atoms in total. The minimum atomic E-state index is -0.271. The number of hydrogen-bond acceptors (Lipinski definition) is 2. The molecule has 0 heterocycles. The van der Waals surface area contributed by atoms with Crippen LogP contribution >= 0.6 is 12.2 Å². The molecule has 0 amide bonds. The summed E-state index contributed by atoms with van der Waals surface area (Å²) >= 11 is 5.02. The first-order valence-electron chi connectivity index (χ1n) is 5.90. The van der Waals surface area contributed by atoms with Crippen molar-refractivity contribution in [3.05, 3.63) is 58.9 Å². The molecule has 98 valence electrons. The van der Waals surface area contributed by atoms with Crippen molar-refractivity contribution in [1.82, 2.24) is 0 Å². The highest BCUT2D eigenvalue weighted by molar-refractivity contribution is 7.80. The maximum atomic E-state index is 13.4. The van der Waals surface area contributed by atoms with E-state index in [-0.39, 0.29) is 5.82 Å². The van der Waals surface area contributed by atoms with Gasteiger partial charge in [0, 0.05) is 16.9 Å². The van der Waals surface area contributed by atoms with Crippen LogP contribution in [0, 0.1) is 19.7 Å². The van der Waals surface area contributed by atoms with Gasteiger partial charge in [0.15, 0.2) is 0 Å². The predicted octanol–water partition coefficient (Wildman–Crippen LogP) is 3.82. The molecule has 19 heavy (non-hydrogen) atoms. The highest BCUT2D eigenvalue weighted by atomic mass is 32.1. The summed E-state index contributed by atoms with van der Waals surface area (Å²) in [4.78, 5) is 0.315. The second-order valence-corrected chi connectivity index (χ2v) is 5.00. The van der Waals surface area contributed by atoms with Gasteiger partial charge in [-0.05, 0) is 55.3 Å². The lowest BCUT2D eigenvalue weighted by Crippen LogP contribution is -2.12. The Morgan fingerprint density at radius 1 is 1.11 bits per heavy atom. The molecule has 0 bridgehead atoms. The maximum Gasteiger partial charge on any atom is 0.125 e. The van der Waals surface area contributed by atoms with Gasteiger partial charge in [0.25, 0.3) is 0 Å². The van der Waals surface area contributed by atoms with Gasteiger partial charge in [0.05, 0.1) is 0 Å². The number of benzene rings is 2. The van der Waals surface area contributed by atoms with E-state index in [1.54, 1.807) is 0 Å². The molecular weight excluding hydrogens is 259 g/mol. The molecule has 2 aromatic carbocycles. The fourth-order valence-electron chi connectivity index (χ4n) is 1.94. The van der Waals surface area contributed by atoms with E-state index in [1.807, 2.05) is 38.1 Å². The fraction of sp³-hybridized carbons (Fsp3) is 0.133. The van der Waals surface area contributed by atoms with Crippen molar-refractivity contribution in [3.8, 4) is 0 Å². The average Bonchev–Trinajstić information content (AvgIpc) is 2.26. The van der Waals surface area contributed by atoms with Crippen molar-refractivity contribution in [1.29, 1.82) is 0 Å². The van der Waals surface area contributed by atoms with Crippen LogP contribution in [-0.2, 0) is 0 Å². The lowest BCUT2D eigenvalue weighted by molar-refractivity contribution is 0.627. The van der Waals surface area contributed by atoms with Crippen molar-refractivity contribution in [2.24, 2.45) is 5.73 Å². The molecule has 0 atom stereocenters. The SMILES string of the molecule is Cc1cc(F)cc(Nc2cc(C)ccc2C(N)=S)c1. The van der Waals surface area contributed by atoms with Crippen LogP contribution in [0.1, 0.15) is 16.7 Å². The van der Waals surface area contributed by atoms with Crippen molar-refractivity contribution in [3.63, 3.8) is 0 Å². The normalized spacial score (nSPS) is 10.3. The zero-order chi connectivity index (χ0) is 14.0. The summed E-state index contributed by atoms with van der Waals surface area (Å²) < 4.78 is 13.4. The average molecular weight is 274 g/mol. The van der Waals surface area contributed by atoms with Crippen LogP contribution in [-0.4, -0.2) is 4.99 Å². The number of thiocarbonyl (C=S) groups is 1. The van der Waals surface area contributed by atoms with Gasteiger partial charge in [-0.2, -0.15) is 0 Å². The fourth-order valence-corrected chi connectivity index (χ4v) is 2.12. The summed E-state index contributed by atoms with van der Waals surface area (Å²) in [6, 6.07) is 10.5. The van der Waals surface area contributed by atoms with Crippen LogP contribution in [0.2, 0.25) is 0 Å². The van der Waals surface area contributed by atoms with E-state index < -0.39 is 0 Å². The van der Waals surface area contributed by atoms with E-state index in [0.29, 0.717) is 10.7 Å². The molecule has 0 spiro atoms. The van der Waals surface area contributed by atoms with Crippen molar-refractivity contribution >= 4 is 28.6 Å². The van der Waals surface area contributed by atoms with Crippen molar-refractivity contribution < 1.29 is 4.39 Å². The first-order chi connectivity index (χ1) is 8.95. The third-order valence-corrected chi connectivity index (χ3v) is 2.98. The Morgan fingerprint density at radius 3 is 2.47 bits per heavy atom. The van der Waals surface area contributed by atoms with Crippen LogP contribution in [0.4, 0.5) is 15.8 Å². The van der Waals surface area contributed by atoms with Gasteiger partial charge in [-0.15, -0.1) is 0 Å². The number of halogens is 1. The van der Waals surface area contributed by atoms with E-state index in [4.69, 9.17) is 18.0 Å². The Kier molecular flexibility index (Phi) is 3.81. The molecular formula is C15H15FN2S. The van der Waals surface area contributed by atoms with E-state index in [9.17, 15) is 4.39 Å². The predicted molar refractivity (Wildman–Crippen MR) is 81.5 cm³/mol. The first kappa shape index (κ1) is 13.5. The second kappa shape index (κ2) is 5.36. The highest BCUT2D eigenvalue weighted by Gasteiger charge is 2.07. The number of nitrogens with two attached hydrogens (primary N) is 1. The molecule has 0 aliphatic carbocycles. The van der Waals surface area contributed by atoms with Gasteiger partial charge in [-0.1, -0.05) is 18.3 Å². The molecule has 3 N–H and O–H groups in total. The zero-order valence-electron chi connectivity index (χ0n) is 10.8. The minimum absolute atomic E-state index is 0.271. The summed E-state index contributed by atoms with van der Waals surface area (Å²) in [7, 11) is 0. The van der Waals surface area contributed by atoms with Crippen LogP contribution in [0.25, 0.3) is 0 Å². The lowest BCUT2D eigenvalue weighted by Gasteiger charge is -2.13. The summed E-state index contributed by atoms with van der Waals surface area (Å²) in [5.41, 5.74) is 9.85. The summed E-state index contributed by atoms with van der Waals surface area (Å²) in [6.45, 7) is 3.82. The van der Waals surface area contributed by atoms with Crippen molar-refractivity contribution in [2.45, 2.75) is 13.8 Å². The quantitative estimate of drug-likeness (QED) is 0.836. The molecule has 2 rings (SSSR count). The van der Waals surface area contributed by atoms with Gasteiger partial charge in [0.1, 0.15) is 10.8 Å². The minimum Gasteiger partial charge on any atom is -0.389 e. The van der Waals surface area contributed by atoms with Crippen molar-refractivity contribution in [2.75, 3.05) is 5.32 Å². The lowest BCUT2D eigenvalue weighted by atomic mass is 10.1. The Morgan fingerprint density at radius 2 is 1.84 bits per heavy atom. The van der Waals surface area contributed by atoms with Gasteiger partial charge in [-0.25, -0.2) is 4.39 Å². The van der Waals surface area contributed by atoms with E-state index in [2.05, 4.69) is 5.32 Å². The van der Waals surface area contributed by atoms with Crippen LogP contribution in [0.15, 0.2) is 36.4 Å². The number of anilines is 2. The standard InChI is InChI=1S/C15H15FN2S/c1-9-3-4-13(15(17)19)14(7-9)18-12-6-10(2)5-11(16)8-12/h3-8,18H,1-2H3,(H2,17,19). The molecule has 0 aromatic heterocycles. The highest BCUT2D eigenvalue weighted by Crippen LogP contribution is 2.24. The Balaban J connectivity index is 2.42. The molecule has 0 saturated heterocycles.